The summed E-state index contributed by atoms with van der Waals surface area (Å²) in [5, 5.41) is 11.0. The average molecular weight is 445 g/mol. The van der Waals surface area contributed by atoms with Crippen LogP contribution in [-0.2, 0) is 21.2 Å². The Morgan fingerprint density at radius 2 is 2.00 bits per heavy atom. The molecule has 0 N–H and O–H groups in total. The van der Waals surface area contributed by atoms with Gasteiger partial charge in [0, 0.05) is 12.1 Å². The summed E-state index contributed by atoms with van der Waals surface area (Å²) >= 11 is 1.01. The van der Waals surface area contributed by atoms with E-state index in [-0.39, 0.29) is 21.9 Å². The smallest absolute Gasteiger partial charge is 0.270 e. The van der Waals surface area contributed by atoms with E-state index in [2.05, 4.69) is 10.9 Å². The van der Waals surface area contributed by atoms with E-state index in [0.717, 1.165) is 11.3 Å². The number of thiazole rings is 1. The molecule has 0 spiro atoms. The second-order valence-corrected chi connectivity index (χ2v) is 9.02. The molecule has 30 heavy (non-hydrogen) atoms. The predicted molar refractivity (Wildman–Crippen MR) is 111 cm³/mol. The Balaban J connectivity index is 1.98. The number of sulfone groups is 1. The highest BCUT2D eigenvalue weighted by Gasteiger charge is 2.20. The summed E-state index contributed by atoms with van der Waals surface area (Å²) in [6.45, 7) is 0.0646. The van der Waals surface area contributed by atoms with Gasteiger partial charge >= 0.3 is 0 Å². The van der Waals surface area contributed by atoms with Crippen molar-refractivity contribution < 1.29 is 22.9 Å². The fraction of sp³-hybridized carbons (Fsp3) is 0.158. The first-order valence-electron chi connectivity index (χ1n) is 8.41. The molecule has 0 aliphatic rings. The van der Waals surface area contributed by atoms with Crippen LogP contribution in [0.3, 0.4) is 0 Å². The zero-order valence-electron chi connectivity index (χ0n) is 15.6. The number of carbonyl (C=O) groups excluding carboxylic acids is 1. The first kappa shape index (κ1) is 21.2. The first-order chi connectivity index (χ1) is 14.2. The molecule has 0 atom stereocenters. The van der Waals surface area contributed by atoms with Gasteiger partial charge < -0.3 is 9.30 Å². The molecule has 0 fully saturated rings. The van der Waals surface area contributed by atoms with Gasteiger partial charge in [0.25, 0.3) is 11.6 Å². The van der Waals surface area contributed by atoms with Crippen LogP contribution in [0.1, 0.15) is 0 Å². The van der Waals surface area contributed by atoms with Gasteiger partial charge in [-0.3, -0.25) is 14.9 Å². The van der Waals surface area contributed by atoms with Gasteiger partial charge in [-0.1, -0.05) is 17.3 Å². The third-order valence-corrected chi connectivity index (χ3v) is 6.74. The Bertz CT molecular complexity index is 1350. The van der Waals surface area contributed by atoms with Crippen LogP contribution >= 0.6 is 11.3 Å². The molecule has 1 heterocycles. The molecular formula is C19H15N3O6S2. The summed E-state index contributed by atoms with van der Waals surface area (Å²) in [6.07, 6.45) is 5.38. The molecule has 11 heteroatoms. The number of nitro benzene ring substituents is 1. The maximum Gasteiger partial charge on any atom is 0.270 e. The number of methoxy groups -OCH3 is 1. The Hall–Kier alpha value is -3.49. The van der Waals surface area contributed by atoms with Gasteiger partial charge in [0.2, 0.25) is 0 Å². The fourth-order valence-corrected chi connectivity index (χ4v) is 4.86. The molecule has 0 bridgehead atoms. The van der Waals surface area contributed by atoms with Gasteiger partial charge in [-0.05, 0) is 30.3 Å². The summed E-state index contributed by atoms with van der Waals surface area (Å²) in [7, 11) is -2.46. The SMILES string of the molecule is C#CCn1c(=NC(=O)CS(=O)(=O)c2ccc(OC)cc2)sc2cc([N+](=O)[O-])ccc21. The van der Waals surface area contributed by atoms with Crippen LogP contribution < -0.4 is 9.54 Å². The van der Waals surface area contributed by atoms with Gasteiger partial charge in [0.15, 0.2) is 14.6 Å². The van der Waals surface area contributed by atoms with Crippen LogP contribution in [0.25, 0.3) is 10.2 Å². The average Bonchev–Trinajstić information content (AvgIpc) is 3.04. The molecule has 3 rings (SSSR count). The number of hydrogen-bond donors (Lipinski definition) is 0. The number of nitrogens with zero attached hydrogens (tertiary/aromatic N) is 3. The molecule has 1 aromatic heterocycles. The van der Waals surface area contributed by atoms with E-state index < -0.39 is 26.4 Å². The molecule has 0 radical (unpaired) electrons. The van der Waals surface area contributed by atoms with E-state index in [1.165, 1.54) is 54.1 Å². The van der Waals surface area contributed by atoms with Crippen molar-refractivity contribution in [1.82, 2.24) is 4.57 Å². The Kier molecular flexibility index (Phi) is 6.00. The third-order valence-electron chi connectivity index (χ3n) is 4.08. The number of fused-ring (bicyclic) bond motifs is 1. The number of benzene rings is 2. The Labute approximate surface area is 175 Å². The zero-order chi connectivity index (χ0) is 21.9. The number of amides is 1. The molecule has 0 aliphatic carbocycles. The van der Waals surface area contributed by atoms with Crippen LogP contribution in [0.2, 0.25) is 0 Å². The molecule has 3 aromatic rings. The van der Waals surface area contributed by atoms with Crippen molar-refractivity contribution in [2.75, 3.05) is 12.9 Å². The van der Waals surface area contributed by atoms with E-state index in [9.17, 15) is 23.3 Å². The quantitative estimate of drug-likeness (QED) is 0.326. The Morgan fingerprint density at radius 3 is 2.60 bits per heavy atom. The highest BCUT2D eigenvalue weighted by Crippen LogP contribution is 2.23. The number of aromatic nitrogens is 1. The van der Waals surface area contributed by atoms with E-state index >= 15 is 0 Å². The molecular weight excluding hydrogens is 430 g/mol. The summed E-state index contributed by atoms with van der Waals surface area (Å²) in [5.41, 5.74) is 0.449. The minimum absolute atomic E-state index is 0.0321. The third kappa shape index (κ3) is 4.40. The number of terminal acetylenes is 1. The van der Waals surface area contributed by atoms with E-state index in [0.29, 0.717) is 16.0 Å². The van der Waals surface area contributed by atoms with E-state index in [1.54, 1.807) is 0 Å². The van der Waals surface area contributed by atoms with Gasteiger partial charge in [0.1, 0.15) is 11.5 Å². The minimum Gasteiger partial charge on any atom is -0.497 e. The zero-order valence-corrected chi connectivity index (χ0v) is 17.3. The normalized spacial score (nSPS) is 11.9. The maximum absolute atomic E-state index is 12.5. The van der Waals surface area contributed by atoms with Crippen molar-refractivity contribution in [2.45, 2.75) is 11.4 Å². The number of non-ortho nitro benzene ring substituents is 1. The summed E-state index contributed by atoms with van der Waals surface area (Å²) in [6, 6.07) is 9.84. The molecule has 0 saturated heterocycles. The number of carbonyl (C=O) groups is 1. The molecule has 154 valence electrons. The fourth-order valence-electron chi connectivity index (χ4n) is 2.67. The van der Waals surface area contributed by atoms with Gasteiger partial charge in [0.05, 0.1) is 33.7 Å². The van der Waals surface area contributed by atoms with Crippen molar-refractivity contribution in [3.8, 4) is 18.1 Å². The van der Waals surface area contributed by atoms with Crippen LogP contribution in [0.5, 0.6) is 5.75 Å². The maximum atomic E-state index is 12.5. The molecule has 0 aliphatic heterocycles. The standard InChI is InChI=1S/C19H15N3O6S2/c1-3-10-21-16-9-4-13(22(24)25)11-17(16)29-19(21)20-18(23)12-30(26,27)15-7-5-14(28-2)6-8-15/h1,4-9,11H,10,12H2,2H3. The highest BCUT2D eigenvalue weighted by molar-refractivity contribution is 7.92. The monoisotopic (exact) mass is 445 g/mol. The second kappa shape index (κ2) is 8.48. The first-order valence-corrected chi connectivity index (χ1v) is 10.9. The number of ether oxygens (including phenoxy) is 1. The predicted octanol–water partition coefficient (Wildman–Crippen LogP) is 2.15. The van der Waals surface area contributed by atoms with Crippen molar-refractivity contribution in [1.29, 1.82) is 0 Å². The lowest BCUT2D eigenvalue weighted by molar-refractivity contribution is -0.384. The molecule has 2 aromatic carbocycles. The van der Waals surface area contributed by atoms with Gasteiger partial charge in [-0.15, -0.1) is 6.42 Å². The number of rotatable bonds is 6. The van der Waals surface area contributed by atoms with Crippen LogP contribution in [0, 0.1) is 22.5 Å². The van der Waals surface area contributed by atoms with Crippen molar-refractivity contribution >= 4 is 43.0 Å². The van der Waals surface area contributed by atoms with E-state index in [1.807, 2.05) is 0 Å². The van der Waals surface area contributed by atoms with E-state index in [4.69, 9.17) is 11.2 Å². The van der Waals surface area contributed by atoms with Crippen molar-refractivity contribution in [2.24, 2.45) is 4.99 Å². The van der Waals surface area contributed by atoms with Gasteiger partial charge in [-0.2, -0.15) is 4.99 Å². The molecule has 0 unspecified atom stereocenters. The van der Waals surface area contributed by atoms with Crippen LogP contribution in [-0.4, -0.2) is 36.7 Å². The Morgan fingerprint density at radius 1 is 1.30 bits per heavy atom. The number of nitro groups is 1. The second-order valence-electron chi connectivity index (χ2n) is 6.02. The summed E-state index contributed by atoms with van der Waals surface area (Å²) < 4.78 is 32.0. The lowest BCUT2D eigenvalue weighted by atomic mass is 10.3. The van der Waals surface area contributed by atoms with Crippen LogP contribution in [0.4, 0.5) is 5.69 Å². The summed E-state index contributed by atoms with van der Waals surface area (Å²) in [5.74, 6) is 1.21. The molecule has 1 amide bonds. The topological polar surface area (TPSA) is 121 Å². The highest BCUT2D eigenvalue weighted by atomic mass is 32.2. The summed E-state index contributed by atoms with van der Waals surface area (Å²) in [4.78, 5) is 26.9. The lowest BCUT2D eigenvalue weighted by Crippen LogP contribution is -2.20. The van der Waals surface area contributed by atoms with Crippen molar-refractivity contribution in [3.05, 3.63) is 57.4 Å². The van der Waals surface area contributed by atoms with Crippen LogP contribution in [0.15, 0.2) is 52.4 Å². The minimum atomic E-state index is -3.91. The van der Waals surface area contributed by atoms with Crippen molar-refractivity contribution in [3.63, 3.8) is 0 Å². The number of hydrogen-bond acceptors (Lipinski definition) is 7. The lowest BCUT2D eigenvalue weighted by Gasteiger charge is -2.04. The largest absolute Gasteiger partial charge is 0.497 e. The van der Waals surface area contributed by atoms with Gasteiger partial charge in [-0.25, -0.2) is 8.42 Å². The molecule has 9 nitrogen and oxygen atoms in total. The molecule has 0 saturated carbocycles.